The van der Waals surface area contributed by atoms with Crippen molar-refractivity contribution in [3.8, 4) is 0 Å². The predicted octanol–water partition coefficient (Wildman–Crippen LogP) is 3.68. The van der Waals surface area contributed by atoms with Gasteiger partial charge in [0.1, 0.15) is 0 Å². The van der Waals surface area contributed by atoms with Gasteiger partial charge in [-0.25, -0.2) is 0 Å². The highest BCUT2D eigenvalue weighted by Crippen LogP contribution is 2.38. The van der Waals surface area contributed by atoms with E-state index in [1.165, 1.54) is 11.1 Å². The Kier molecular flexibility index (Phi) is 5.87. The largest absolute Gasteiger partial charge is 0.393 e. The van der Waals surface area contributed by atoms with E-state index in [-0.39, 0.29) is 17.1 Å². The molecule has 5 rings (SSSR count). The minimum Gasteiger partial charge on any atom is -0.393 e. The van der Waals surface area contributed by atoms with Gasteiger partial charge in [-0.3, -0.25) is 9.59 Å². The SMILES string of the molecule is O=C(CC[C@@H](O)CCC1Cc2ccccc2C1)c1ccc(C(=O)N2CC3(COC3)C2)cc1. The summed E-state index contributed by atoms with van der Waals surface area (Å²) in [4.78, 5) is 27.0. The highest BCUT2D eigenvalue weighted by molar-refractivity contribution is 5.99. The monoisotopic (exact) mass is 433 g/mol. The number of aliphatic hydroxyl groups excluding tert-OH is 1. The van der Waals surface area contributed by atoms with E-state index in [4.69, 9.17) is 4.74 Å². The molecule has 2 heterocycles. The molecule has 3 aliphatic rings. The normalized spacial score (nSPS) is 19.8. The number of hydrogen-bond acceptors (Lipinski definition) is 4. The zero-order chi connectivity index (χ0) is 22.1. The molecule has 1 aliphatic carbocycles. The van der Waals surface area contributed by atoms with Gasteiger partial charge in [-0.1, -0.05) is 36.4 Å². The number of fused-ring (bicyclic) bond motifs is 1. The molecule has 32 heavy (non-hydrogen) atoms. The number of benzene rings is 2. The van der Waals surface area contributed by atoms with Crippen LogP contribution in [0.4, 0.5) is 0 Å². The molecule has 1 amide bonds. The number of ether oxygens (including phenoxy) is 1. The van der Waals surface area contributed by atoms with Gasteiger partial charge in [-0.15, -0.1) is 0 Å². The molecule has 0 bridgehead atoms. The lowest BCUT2D eigenvalue weighted by Gasteiger charge is -2.54. The molecule has 2 aliphatic heterocycles. The summed E-state index contributed by atoms with van der Waals surface area (Å²) in [5, 5.41) is 10.4. The quantitative estimate of drug-likeness (QED) is 0.645. The van der Waals surface area contributed by atoms with Crippen LogP contribution in [0.1, 0.15) is 57.5 Å². The average molecular weight is 434 g/mol. The zero-order valence-electron chi connectivity index (χ0n) is 18.5. The Morgan fingerprint density at radius 2 is 1.59 bits per heavy atom. The van der Waals surface area contributed by atoms with E-state index in [0.717, 1.165) is 52.0 Å². The molecule has 2 fully saturated rings. The summed E-state index contributed by atoms with van der Waals surface area (Å²) in [7, 11) is 0. The van der Waals surface area contributed by atoms with Gasteiger partial charge < -0.3 is 14.7 Å². The Bertz CT molecular complexity index is 962. The van der Waals surface area contributed by atoms with Crippen molar-refractivity contribution in [3.63, 3.8) is 0 Å². The lowest BCUT2D eigenvalue weighted by Crippen LogP contribution is -2.67. The third-order valence-electron chi connectivity index (χ3n) is 7.36. The number of hydrogen-bond donors (Lipinski definition) is 1. The third kappa shape index (κ3) is 4.37. The lowest BCUT2D eigenvalue weighted by atomic mass is 9.78. The fraction of sp³-hybridized carbons (Fsp3) is 0.481. The van der Waals surface area contributed by atoms with Gasteiger partial charge in [0.2, 0.25) is 0 Å². The molecule has 2 saturated heterocycles. The van der Waals surface area contributed by atoms with Gasteiger partial charge in [-0.2, -0.15) is 0 Å². The van der Waals surface area contributed by atoms with Crippen LogP contribution in [0.25, 0.3) is 0 Å². The van der Waals surface area contributed by atoms with Crippen LogP contribution in [0, 0.1) is 11.3 Å². The van der Waals surface area contributed by atoms with Crippen molar-refractivity contribution in [1.82, 2.24) is 4.90 Å². The van der Waals surface area contributed by atoms with E-state index in [1.807, 2.05) is 4.90 Å². The lowest BCUT2D eigenvalue weighted by molar-refractivity contribution is -0.176. The smallest absolute Gasteiger partial charge is 0.253 e. The molecule has 0 unspecified atom stereocenters. The van der Waals surface area contributed by atoms with Crippen molar-refractivity contribution in [1.29, 1.82) is 0 Å². The van der Waals surface area contributed by atoms with Crippen LogP contribution in [0.2, 0.25) is 0 Å². The van der Waals surface area contributed by atoms with E-state index in [1.54, 1.807) is 24.3 Å². The van der Waals surface area contributed by atoms with Crippen molar-refractivity contribution in [2.45, 2.75) is 44.6 Å². The van der Waals surface area contributed by atoms with Gasteiger partial charge in [0.25, 0.3) is 5.91 Å². The summed E-state index contributed by atoms with van der Waals surface area (Å²) in [6, 6.07) is 15.5. The maximum Gasteiger partial charge on any atom is 0.253 e. The van der Waals surface area contributed by atoms with E-state index >= 15 is 0 Å². The van der Waals surface area contributed by atoms with Crippen LogP contribution in [0.15, 0.2) is 48.5 Å². The molecule has 2 aromatic rings. The number of nitrogens with zero attached hydrogens (tertiary/aromatic N) is 1. The second kappa shape index (κ2) is 8.80. The third-order valence-corrected chi connectivity index (χ3v) is 7.36. The molecule has 0 radical (unpaired) electrons. The summed E-state index contributed by atoms with van der Waals surface area (Å²) < 4.78 is 5.26. The van der Waals surface area contributed by atoms with E-state index in [9.17, 15) is 14.7 Å². The average Bonchev–Trinajstić information content (AvgIpc) is 3.17. The molecule has 0 aromatic heterocycles. The van der Waals surface area contributed by atoms with Crippen molar-refractivity contribution in [3.05, 3.63) is 70.8 Å². The van der Waals surface area contributed by atoms with Gasteiger partial charge in [-0.05, 0) is 61.3 Å². The van der Waals surface area contributed by atoms with Gasteiger partial charge in [0.05, 0.1) is 24.7 Å². The number of carbonyl (C=O) groups excluding carboxylic acids is 2. The second-order valence-corrected chi connectivity index (χ2v) is 9.97. The fourth-order valence-electron chi connectivity index (χ4n) is 5.33. The molecule has 168 valence electrons. The number of aliphatic hydroxyl groups is 1. The van der Waals surface area contributed by atoms with Crippen molar-refractivity contribution in [2.75, 3.05) is 26.3 Å². The molecule has 1 N–H and O–H groups in total. The number of Topliss-reactive ketones (excluding diaryl/α,β-unsaturated/α-hetero) is 1. The minimum absolute atomic E-state index is 0.0193. The first-order chi connectivity index (χ1) is 15.5. The maximum absolute atomic E-state index is 12.6. The Morgan fingerprint density at radius 3 is 2.19 bits per heavy atom. The Balaban J connectivity index is 1.04. The first-order valence-electron chi connectivity index (χ1n) is 11.8. The predicted molar refractivity (Wildman–Crippen MR) is 122 cm³/mol. The topological polar surface area (TPSA) is 66.8 Å². The summed E-state index contributed by atoms with van der Waals surface area (Å²) in [6.45, 7) is 3.03. The molecule has 1 atom stereocenters. The number of amides is 1. The number of rotatable bonds is 8. The number of carbonyl (C=O) groups is 2. The first kappa shape index (κ1) is 21.4. The van der Waals surface area contributed by atoms with E-state index in [0.29, 0.717) is 29.9 Å². The molecule has 5 nitrogen and oxygen atoms in total. The standard InChI is InChI=1S/C27H31NO4/c29-24(10-5-19-13-22-3-1-2-4-23(22)14-19)11-12-25(30)20-6-8-21(9-7-20)26(31)28-15-27(16-28)17-32-18-27/h1-4,6-9,19,24,29H,5,10-18H2/t24-/m0/s1. The van der Waals surface area contributed by atoms with E-state index < -0.39 is 6.10 Å². The Morgan fingerprint density at radius 1 is 0.969 bits per heavy atom. The van der Waals surface area contributed by atoms with Crippen molar-refractivity contribution >= 4 is 11.7 Å². The van der Waals surface area contributed by atoms with Crippen LogP contribution >= 0.6 is 0 Å². The van der Waals surface area contributed by atoms with Crippen molar-refractivity contribution in [2.24, 2.45) is 11.3 Å². The molecular weight excluding hydrogens is 402 g/mol. The highest BCUT2D eigenvalue weighted by atomic mass is 16.5. The molecule has 2 aromatic carbocycles. The summed E-state index contributed by atoms with van der Waals surface area (Å²) >= 11 is 0. The van der Waals surface area contributed by atoms with Gasteiger partial charge in [0, 0.05) is 30.6 Å². The van der Waals surface area contributed by atoms with Crippen LogP contribution in [0.3, 0.4) is 0 Å². The fourth-order valence-corrected chi connectivity index (χ4v) is 5.33. The minimum atomic E-state index is -0.447. The Hall–Kier alpha value is -2.50. The number of likely N-dealkylation sites (tertiary alicyclic amines) is 1. The van der Waals surface area contributed by atoms with Crippen molar-refractivity contribution < 1.29 is 19.4 Å². The Labute approximate surface area is 189 Å². The zero-order valence-corrected chi connectivity index (χ0v) is 18.5. The van der Waals surface area contributed by atoms with E-state index in [2.05, 4.69) is 24.3 Å². The van der Waals surface area contributed by atoms with Gasteiger partial charge >= 0.3 is 0 Å². The first-order valence-corrected chi connectivity index (χ1v) is 11.8. The highest BCUT2D eigenvalue weighted by Gasteiger charge is 2.50. The summed E-state index contributed by atoms with van der Waals surface area (Å²) in [5.74, 6) is 0.637. The molecular formula is C27H31NO4. The second-order valence-electron chi connectivity index (χ2n) is 9.97. The van der Waals surface area contributed by atoms with Crippen LogP contribution in [-0.4, -0.2) is 54.1 Å². The van der Waals surface area contributed by atoms with Crippen LogP contribution in [-0.2, 0) is 17.6 Å². The summed E-state index contributed by atoms with van der Waals surface area (Å²) in [5.41, 5.74) is 4.31. The molecule has 0 saturated carbocycles. The number of ketones is 1. The maximum atomic E-state index is 12.6. The summed E-state index contributed by atoms with van der Waals surface area (Å²) in [6.07, 6.45) is 4.29. The van der Waals surface area contributed by atoms with Crippen LogP contribution < -0.4 is 0 Å². The van der Waals surface area contributed by atoms with Gasteiger partial charge in [0.15, 0.2) is 5.78 Å². The van der Waals surface area contributed by atoms with Crippen LogP contribution in [0.5, 0.6) is 0 Å². The molecule has 5 heteroatoms. The molecule has 1 spiro atoms.